The van der Waals surface area contributed by atoms with Crippen LogP contribution in [0, 0.1) is 0 Å². The number of fused-ring (bicyclic) bond motifs is 1. The summed E-state index contributed by atoms with van der Waals surface area (Å²) in [5.41, 5.74) is 4.14. The van der Waals surface area contributed by atoms with Gasteiger partial charge >= 0.3 is 0 Å². The summed E-state index contributed by atoms with van der Waals surface area (Å²) in [4.78, 5) is 16.2. The van der Waals surface area contributed by atoms with Crippen molar-refractivity contribution in [3.8, 4) is 11.4 Å². The van der Waals surface area contributed by atoms with Gasteiger partial charge in [-0.25, -0.2) is 9.67 Å². The predicted molar refractivity (Wildman–Crippen MR) is 103 cm³/mol. The van der Waals surface area contributed by atoms with E-state index >= 15 is 0 Å². The van der Waals surface area contributed by atoms with Crippen LogP contribution in [0.5, 0.6) is 5.75 Å². The van der Waals surface area contributed by atoms with Crippen LogP contribution in [0.4, 0.5) is 0 Å². The van der Waals surface area contributed by atoms with Crippen LogP contribution in [0.25, 0.3) is 11.8 Å². The standard InChI is InChI=1S/C21H20N4O2/c1-15(17-4-6-19(7-5-17)25-14-22-13-23-25)24-21(26)9-3-16-2-8-20-18(12-16)10-11-27-20/h2-9,12-15H,10-11H2,1H3,(H,24,26)/b9-3+. The first-order valence-corrected chi connectivity index (χ1v) is 8.88. The number of nitrogens with zero attached hydrogens (tertiary/aromatic N) is 3. The topological polar surface area (TPSA) is 69.0 Å². The van der Waals surface area contributed by atoms with E-state index in [0.717, 1.165) is 35.6 Å². The van der Waals surface area contributed by atoms with Gasteiger partial charge in [-0.15, -0.1) is 0 Å². The molecule has 4 rings (SSSR count). The summed E-state index contributed by atoms with van der Waals surface area (Å²) in [6.07, 6.45) is 7.46. The van der Waals surface area contributed by atoms with Crippen LogP contribution >= 0.6 is 0 Å². The molecule has 0 saturated heterocycles. The van der Waals surface area contributed by atoms with Crippen LogP contribution in [-0.4, -0.2) is 27.3 Å². The molecule has 2 aromatic carbocycles. The first kappa shape index (κ1) is 17.0. The molecule has 1 amide bonds. The zero-order chi connectivity index (χ0) is 18.6. The van der Waals surface area contributed by atoms with Crippen LogP contribution in [-0.2, 0) is 11.2 Å². The molecule has 6 nitrogen and oxygen atoms in total. The Labute approximate surface area is 157 Å². The third-order valence-electron chi connectivity index (χ3n) is 4.58. The van der Waals surface area contributed by atoms with Crippen molar-refractivity contribution in [3.05, 3.63) is 77.9 Å². The number of carbonyl (C=O) groups is 1. The minimum Gasteiger partial charge on any atom is -0.493 e. The SMILES string of the molecule is CC(NC(=O)/C=C/c1ccc2c(c1)CCO2)c1ccc(-n2cncn2)cc1. The zero-order valence-electron chi connectivity index (χ0n) is 15.0. The molecule has 27 heavy (non-hydrogen) atoms. The van der Waals surface area contributed by atoms with Gasteiger partial charge in [-0.1, -0.05) is 18.2 Å². The molecule has 3 aromatic rings. The van der Waals surface area contributed by atoms with Gasteiger partial charge in [0.1, 0.15) is 18.4 Å². The van der Waals surface area contributed by atoms with Crippen molar-refractivity contribution < 1.29 is 9.53 Å². The van der Waals surface area contributed by atoms with Crippen LogP contribution in [0.1, 0.15) is 29.7 Å². The summed E-state index contributed by atoms with van der Waals surface area (Å²) in [5, 5.41) is 7.09. The number of hydrogen-bond donors (Lipinski definition) is 1. The van der Waals surface area contributed by atoms with Crippen molar-refractivity contribution in [1.82, 2.24) is 20.1 Å². The minimum absolute atomic E-state index is 0.0969. The minimum atomic E-state index is -0.125. The van der Waals surface area contributed by atoms with Gasteiger partial charge in [-0.3, -0.25) is 4.79 Å². The highest BCUT2D eigenvalue weighted by Gasteiger charge is 2.11. The second-order valence-corrected chi connectivity index (χ2v) is 6.46. The number of hydrogen-bond acceptors (Lipinski definition) is 4. The fourth-order valence-corrected chi connectivity index (χ4v) is 3.08. The average molecular weight is 360 g/mol. The summed E-state index contributed by atoms with van der Waals surface area (Å²) >= 11 is 0. The normalized spacial score (nSPS) is 14.0. The number of ether oxygens (including phenoxy) is 1. The molecule has 1 N–H and O–H groups in total. The highest BCUT2D eigenvalue weighted by Crippen LogP contribution is 2.26. The maximum absolute atomic E-state index is 12.2. The number of carbonyl (C=O) groups excluding carboxylic acids is 1. The number of nitrogens with one attached hydrogen (secondary N) is 1. The summed E-state index contributed by atoms with van der Waals surface area (Å²) in [5.74, 6) is 0.819. The van der Waals surface area contributed by atoms with E-state index in [2.05, 4.69) is 21.5 Å². The van der Waals surface area contributed by atoms with E-state index in [9.17, 15) is 4.79 Å². The Balaban J connectivity index is 1.37. The quantitative estimate of drug-likeness (QED) is 0.710. The van der Waals surface area contributed by atoms with E-state index in [1.807, 2.05) is 49.4 Å². The van der Waals surface area contributed by atoms with Crippen LogP contribution in [0.15, 0.2) is 61.2 Å². The fraction of sp³-hybridized carbons (Fsp3) is 0.190. The lowest BCUT2D eigenvalue weighted by atomic mass is 10.1. The van der Waals surface area contributed by atoms with Gasteiger partial charge < -0.3 is 10.1 Å². The first-order valence-electron chi connectivity index (χ1n) is 8.88. The lowest BCUT2D eigenvalue weighted by Crippen LogP contribution is -2.24. The third kappa shape index (κ3) is 3.89. The van der Waals surface area contributed by atoms with Gasteiger partial charge in [-0.05, 0) is 54.0 Å². The van der Waals surface area contributed by atoms with Crippen LogP contribution in [0.3, 0.4) is 0 Å². The highest BCUT2D eigenvalue weighted by molar-refractivity contribution is 5.92. The third-order valence-corrected chi connectivity index (χ3v) is 4.58. The van der Waals surface area contributed by atoms with Gasteiger partial charge in [0.2, 0.25) is 5.91 Å². The number of amides is 1. The lowest BCUT2D eigenvalue weighted by Gasteiger charge is -2.13. The maximum Gasteiger partial charge on any atom is 0.244 e. The molecule has 0 saturated carbocycles. The second kappa shape index (κ2) is 7.45. The Morgan fingerprint density at radius 2 is 2.11 bits per heavy atom. The van der Waals surface area contributed by atoms with Gasteiger partial charge in [-0.2, -0.15) is 5.10 Å². The Bertz CT molecular complexity index is 962. The van der Waals surface area contributed by atoms with Crippen LogP contribution < -0.4 is 10.1 Å². The Kier molecular flexibility index (Phi) is 4.70. The second-order valence-electron chi connectivity index (χ2n) is 6.46. The van der Waals surface area contributed by atoms with Gasteiger partial charge in [0.15, 0.2) is 0 Å². The first-order chi connectivity index (χ1) is 13.2. The molecule has 1 aliphatic heterocycles. The van der Waals surface area contributed by atoms with E-state index in [-0.39, 0.29) is 11.9 Å². The molecule has 1 atom stereocenters. The van der Waals surface area contributed by atoms with E-state index in [0.29, 0.717) is 0 Å². The van der Waals surface area contributed by atoms with Crippen molar-refractivity contribution in [1.29, 1.82) is 0 Å². The van der Waals surface area contributed by atoms with Gasteiger partial charge in [0, 0.05) is 12.5 Å². The van der Waals surface area contributed by atoms with E-state index < -0.39 is 0 Å². The lowest BCUT2D eigenvalue weighted by molar-refractivity contribution is -0.117. The smallest absolute Gasteiger partial charge is 0.244 e. The Morgan fingerprint density at radius 1 is 1.26 bits per heavy atom. The van der Waals surface area contributed by atoms with Gasteiger partial charge in [0.25, 0.3) is 0 Å². The molecule has 0 aliphatic carbocycles. The molecule has 0 radical (unpaired) electrons. The fourth-order valence-electron chi connectivity index (χ4n) is 3.08. The van der Waals surface area contributed by atoms with E-state index in [1.165, 1.54) is 11.9 Å². The monoisotopic (exact) mass is 360 g/mol. The largest absolute Gasteiger partial charge is 0.493 e. The molecular formula is C21H20N4O2. The molecule has 0 fully saturated rings. The van der Waals surface area contributed by atoms with Gasteiger partial charge in [0.05, 0.1) is 18.3 Å². The Morgan fingerprint density at radius 3 is 2.89 bits per heavy atom. The molecule has 1 aliphatic rings. The summed E-state index contributed by atoms with van der Waals surface area (Å²) in [7, 11) is 0. The van der Waals surface area contributed by atoms with Crippen LogP contribution in [0.2, 0.25) is 0 Å². The molecule has 1 unspecified atom stereocenters. The number of benzene rings is 2. The molecule has 1 aromatic heterocycles. The highest BCUT2D eigenvalue weighted by atomic mass is 16.5. The molecule has 0 spiro atoms. The number of rotatable bonds is 5. The van der Waals surface area contributed by atoms with Crippen molar-refractivity contribution >= 4 is 12.0 Å². The van der Waals surface area contributed by atoms with E-state index in [4.69, 9.17) is 4.74 Å². The van der Waals surface area contributed by atoms with E-state index in [1.54, 1.807) is 17.1 Å². The molecule has 2 heterocycles. The average Bonchev–Trinajstić information content (AvgIpc) is 3.38. The van der Waals surface area contributed by atoms with Crippen molar-refractivity contribution in [2.75, 3.05) is 6.61 Å². The summed E-state index contributed by atoms with van der Waals surface area (Å²) in [6.45, 7) is 2.69. The molecule has 136 valence electrons. The van der Waals surface area contributed by atoms with Crippen molar-refractivity contribution in [2.45, 2.75) is 19.4 Å². The summed E-state index contributed by atoms with van der Waals surface area (Å²) < 4.78 is 7.19. The van der Waals surface area contributed by atoms with Crippen molar-refractivity contribution in [3.63, 3.8) is 0 Å². The zero-order valence-corrected chi connectivity index (χ0v) is 15.0. The maximum atomic E-state index is 12.2. The number of aromatic nitrogens is 3. The molecule has 6 heteroatoms. The summed E-state index contributed by atoms with van der Waals surface area (Å²) in [6, 6.07) is 13.8. The Hall–Kier alpha value is -3.41. The molecule has 0 bridgehead atoms. The predicted octanol–water partition coefficient (Wildman–Crippen LogP) is 3.09. The van der Waals surface area contributed by atoms with Crippen molar-refractivity contribution in [2.24, 2.45) is 0 Å². The molecular weight excluding hydrogens is 340 g/mol.